The van der Waals surface area contributed by atoms with Gasteiger partial charge in [-0.05, 0) is 48.1 Å². The van der Waals surface area contributed by atoms with Gasteiger partial charge in [-0.1, -0.05) is 0 Å². The van der Waals surface area contributed by atoms with Gasteiger partial charge >= 0.3 is 0 Å². The van der Waals surface area contributed by atoms with Crippen molar-refractivity contribution in [3.8, 4) is 5.75 Å². The Morgan fingerprint density at radius 2 is 2.11 bits per heavy atom. The average Bonchev–Trinajstić information content (AvgIpc) is 2.81. The lowest BCUT2D eigenvalue weighted by atomic mass is 10.0. The van der Waals surface area contributed by atoms with Crippen molar-refractivity contribution in [2.75, 3.05) is 14.2 Å². The largest absolute Gasteiger partial charge is 0.496 e. The van der Waals surface area contributed by atoms with E-state index in [0.29, 0.717) is 10.2 Å². The molecule has 0 amide bonds. The predicted molar refractivity (Wildman–Crippen MR) is 75.0 cm³/mol. The van der Waals surface area contributed by atoms with Crippen LogP contribution in [0.3, 0.4) is 0 Å². The molecule has 0 aliphatic heterocycles. The van der Waals surface area contributed by atoms with Crippen LogP contribution in [0, 0.1) is 12.7 Å². The fraction of sp³-hybridized carbons (Fsp3) is 0.286. The smallest absolute Gasteiger partial charge is 0.141 e. The van der Waals surface area contributed by atoms with Gasteiger partial charge in [-0.15, -0.1) is 0 Å². The summed E-state index contributed by atoms with van der Waals surface area (Å²) in [5, 5.41) is 3.15. The van der Waals surface area contributed by atoms with Crippen LogP contribution in [0.1, 0.15) is 23.1 Å². The van der Waals surface area contributed by atoms with Crippen molar-refractivity contribution in [1.82, 2.24) is 5.32 Å². The minimum absolute atomic E-state index is 0.194. The van der Waals surface area contributed by atoms with Crippen molar-refractivity contribution >= 4 is 15.9 Å². The van der Waals surface area contributed by atoms with Gasteiger partial charge in [-0.2, -0.15) is 0 Å². The molecule has 1 N–H and O–H groups in total. The molecule has 0 saturated heterocycles. The topological polar surface area (TPSA) is 34.4 Å². The molecule has 0 fully saturated rings. The van der Waals surface area contributed by atoms with Crippen molar-refractivity contribution < 1.29 is 13.5 Å². The van der Waals surface area contributed by atoms with Crippen LogP contribution in [-0.2, 0) is 0 Å². The second-order valence-corrected chi connectivity index (χ2v) is 5.03. The quantitative estimate of drug-likeness (QED) is 0.927. The maximum Gasteiger partial charge on any atom is 0.141 e. The van der Waals surface area contributed by atoms with Crippen LogP contribution >= 0.6 is 15.9 Å². The maximum atomic E-state index is 13.5. The standard InChI is InChI=1S/C14H15BrFNO2/c1-8-4-5-12(19-8)14(17-2)9-6-10(15)11(16)7-13(9)18-3/h4-7,14,17H,1-3H3. The van der Waals surface area contributed by atoms with Gasteiger partial charge in [0, 0.05) is 11.6 Å². The zero-order chi connectivity index (χ0) is 14.0. The monoisotopic (exact) mass is 327 g/mol. The SMILES string of the molecule is CNC(c1ccc(C)o1)c1cc(Br)c(F)cc1OC. The highest BCUT2D eigenvalue weighted by Gasteiger charge is 2.21. The van der Waals surface area contributed by atoms with Gasteiger partial charge in [0.05, 0.1) is 17.6 Å². The zero-order valence-corrected chi connectivity index (χ0v) is 12.5. The van der Waals surface area contributed by atoms with Gasteiger partial charge < -0.3 is 14.5 Å². The molecule has 19 heavy (non-hydrogen) atoms. The van der Waals surface area contributed by atoms with E-state index in [0.717, 1.165) is 17.1 Å². The van der Waals surface area contributed by atoms with E-state index in [1.807, 2.05) is 26.1 Å². The van der Waals surface area contributed by atoms with Crippen LogP contribution in [0.2, 0.25) is 0 Å². The lowest BCUT2D eigenvalue weighted by Gasteiger charge is -2.18. The Kier molecular flexibility index (Phi) is 4.27. The fourth-order valence-corrected chi connectivity index (χ4v) is 2.37. The number of aryl methyl sites for hydroxylation is 1. The highest BCUT2D eigenvalue weighted by atomic mass is 79.9. The highest BCUT2D eigenvalue weighted by Crippen LogP contribution is 2.34. The van der Waals surface area contributed by atoms with Crippen molar-refractivity contribution in [3.05, 3.63) is 51.6 Å². The summed E-state index contributed by atoms with van der Waals surface area (Å²) in [4.78, 5) is 0. The minimum atomic E-state index is -0.355. The molecule has 2 rings (SSSR count). The Morgan fingerprint density at radius 3 is 2.63 bits per heavy atom. The molecule has 0 bridgehead atoms. The molecular formula is C14H15BrFNO2. The first-order chi connectivity index (χ1) is 9.06. The summed E-state index contributed by atoms with van der Waals surface area (Å²) in [6.07, 6.45) is 0. The van der Waals surface area contributed by atoms with Gasteiger partial charge in [-0.25, -0.2) is 4.39 Å². The molecule has 1 aromatic heterocycles. The minimum Gasteiger partial charge on any atom is -0.496 e. The summed E-state index contributed by atoms with van der Waals surface area (Å²) in [6.45, 7) is 1.88. The number of methoxy groups -OCH3 is 1. The highest BCUT2D eigenvalue weighted by molar-refractivity contribution is 9.10. The number of benzene rings is 1. The van der Waals surface area contributed by atoms with Gasteiger partial charge in [0.15, 0.2) is 0 Å². The fourth-order valence-electron chi connectivity index (χ4n) is 2.01. The maximum absolute atomic E-state index is 13.5. The molecule has 3 nitrogen and oxygen atoms in total. The number of furan rings is 1. The molecule has 2 aromatic rings. The molecule has 1 unspecified atom stereocenters. The molecule has 0 radical (unpaired) electrons. The number of halogens is 2. The van der Waals surface area contributed by atoms with Crippen LogP contribution in [0.5, 0.6) is 5.75 Å². The van der Waals surface area contributed by atoms with Crippen molar-refractivity contribution in [2.45, 2.75) is 13.0 Å². The first kappa shape index (κ1) is 14.1. The van der Waals surface area contributed by atoms with E-state index in [-0.39, 0.29) is 11.9 Å². The van der Waals surface area contributed by atoms with E-state index >= 15 is 0 Å². The summed E-state index contributed by atoms with van der Waals surface area (Å²) in [6, 6.07) is 6.66. The van der Waals surface area contributed by atoms with E-state index in [9.17, 15) is 4.39 Å². The third-order valence-electron chi connectivity index (χ3n) is 2.92. The number of ether oxygens (including phenoxy) is 1. The van der Waals surface area contributed by atoms with Crippen molar-refractivity contribution in [2.24, 2.45) is 0 Å². The number of hydrogen-bond donors (Lipinski definition) is 1. The molecule has 0 aliphatic rings. The normalized spacial score (nSPS) is 12.5. The molecule has 1 heterocycles. The van der Waals surface area contributed by atoms with E-state index < -0.39 is 0 Å². The Morgan fingerprint density at radius 1 is 1.37 bits per heavy atom. The summed E-state index contributed by atoms with van der Waals surface area (Å²) in [5.41, 5.74) is 0.813. The van der Waals surface area contributed by atoms with Crippen LogP contribution in [0.4, 0.5) is 4.39 Å². The third-order valence-corrected chi connectivity index (χ3v) is 3.53. The molecule has 5 heteroatoms. The van der Waals surface area contributed by atoms with Gasteiger partial charge in [0.25, 0.3) is 0 Å². The average molecular weight is 328 g/mol. The van der Waals surface area contributed by atoms with E-state index in [2.05, 4.69) is 21.2 Å². The second-order valence-electron chi connectivity index (χ2n) is 4.18. The van der Waals surface area contributed by atoms with E-state index in [1.165, 1.54) is 13.2 Å². The molecule has 1 aromatic carbocycles. The Bertz CT molecular complexity index is 583. The first-order valence-electron chi connectivity index (χ1n) is 5.83. The molecule has 0 spiro atoms. The summed E-state index contributed by atoms with van der Waals surface area (Å²) >= 11 is 3.20. The van der Waals surface area contributed by atoms with Crippen molar-refractivity contribution in [3.63, 3.8) is 0 Å². The summed E-state index contributed by atoms with van der Waals surface area (Å²) in [5.74, 6) is 1.72. The number of hydrogen-bond acceptors (Lipinski definition) is 3. The summed E-state index contributed by atoms with van der Waals surface area (Å²) in [7, 11) is 3.34. The second kappa shape index (κ2) is 5.75. The van der Waals surface area contributed by atoms with Crippen molar-refractivity contribution in [1.29, 1.82) is 0 Å². The lowest BCUT2D eigenvalue weighted by molar-refractivity contribution is 0.390. The molecule has 0 aliphatic carbocycles. The van der Waals surface area contributed by atoms with Crippen LogP contribution in [-0.4, -0.2) is 14.2 Å². The molecule has 0 saturated carbocycles. The van der Waals surface area contributed by atoms with E-state index in [4.69, 9.17) is 9.15 Å². The third kappa shape index (κ3) is 2.82. The van der Waals surface area contributed by atoms with E-state index in [1.54, 1.807) is 6.07 Å². The predicted octanol–water partition coefficient (Wildman–Crippen LogP) is 3.81. The summed E-state index contributed by atoms with van der Waals surface area (Å²) < 4.78 is 24.8. The Hall–Kier alpha value is -1.33. The Balaban J connectivity index is 2.51. The van der Waals surface area contributed by atoms with Gasteiger partial charge in [-0.3, -0.25) is 0 Å². The number of rotatable bonds is 4. The zero-order valence-electron chi connectivity index (χ0n) is 11.0. The Labute approximate surface area is 119 Å². The van der Waals surface area contributed by atoms with Crippen LogP contribution in [0.25, 0.3) is 0 Å². The van der Waals surface area contributed by atoms with Gasteiger partial charge in [0.2, 0.25) is 0 Å². The number of nitrogens with one attached hydrogen (secondary N) is 1. The molecule has 1 atom stereocenters. The molecule has 102 valence electrons. The van der Waals surface area contributed by atoms with Gasteiger partial charge in [0.1, 0.15) is 23.1 Å². The van der Waals surface area contributed by atoms with Crippen LogP contribution in [0.15, 0.2) is 33.2 Å². The van der Waals surface area contributed by atoms with Crippen LogP contribution < -0.4 is 10.1 Å². The lowest BCUT2D eigenvalue weighted by Crippen LogP contribution is -2.18. The first-order valence-corrected chi connectivity index (χ1v) is 6.62. The molecular weight excluding hydrogens is 313 g/mol.